The largest absolute Gasteiger partial charge is 0.294 e. The quantitative estimate of drug-likeness (QED) is 0.713. The molecule has 0 bridgehead atoms. The van der Waals surface area contributed by atoms with E-state index in [9.17, 15) is 0 Å². The van der Waals surface area contributed by atoms with Crippen molar-refractivity contribution in [2.45, 2.75) is 39.7 Å². The SMILES string of the molecule is CC1=C(Br)N=CN(c2ncc(Br)c(C(C)C)n2)C1C. The van der Waals surface area contributed by atoms with Gasteiger partial charge in [-0.2, -0.15) is 0 Å². The smallest absolute Gasteiger partial charge is 0.231 e. The Labute approximate surface area is 130 Å². The van der Waals surface area contributed by atoms with Gasteiger partial charge < -0.3 is 0 Å². The zero-order valence-electron chi connectivity index (χ0n) is 11.4. The normalized spacial score (nSPS) is 19.5. The number of anilines is 1. The van der Waals surface area contributed by atoms with Gasteiger partial charge in [0, 0.05) is 6.20 Å². The van der Waals surface area contributed by atoms with Crippen LogP contribution in [-0.4, -0.2) is 22.3 Å². The molecule has 1 atom stereocenters. The highest BCUT2D eigenvalue weighted by molar-refractivity contribution is 9.11. The molecular formula is C13H16Br2N4. The zero-order valence-corrected chi connectivity index (χ0v) is 14.5. The van der Waals surface area contributed by atoms with Crippen LogP contribution in [0.5, 0.6) is 0 Å². The topological polar surface area (TPSA) is 41.4 Å². The van der Waals surface area contributed by atoms with E-state index in [1.807, 2.05) is 4.90 Å². The Balaban J connectivity index is 2.39. The molecule has 0 spiro atoms. The molecule has 0 aliphatic carbocycles. The summed E-state index contributed by atoms with van der Waals surface area (Å²) in [5.74, 6) is 1.03. The third-order valence-electron chi connectivity index (χ3n) is 3.20. The first-order chi connectivity index (χ1) is 8.91. The number of rotatable bonds is 2. The average molecular weight is 388 g/mol. The maximum Gasteiger partial charge on any atom is 0.231 e. The first-order valence-corrected chi connectivity index (χ1v) is 7.71. The first-order valence-electron chi connectivity index (χ1n) is 6.13. The summed E-state index contributed by atoms with van der Waals surface area (Å²) in [6.45, 7) is 8.40. The van der Waals surface area contributed by atoms with Crippen molar-refractivity contribution in [3.05, 3.63) is 26.5 Å². The summed E-state index contributed by atoms with van der Waals surface area (Å²) in [6, 6.07) is 0.188. The van der Waals surface area contributed by atoms with Gasteiger partial charge in [-0.25, -0.2) is 15.0 Å². The number of halogens is 2. The Kier molecular flexibility index (Phi) is 4.40. The zero-order chi connectivity index (χ0) is 14.2. The lowest BCUT2D eigenvalue weighted by molar-refractivity contribution is 0.763. The van der Waals surface area contributed by atoms with Crippen molar-refractivity contribution in [1.29, 1.82) is 0 Å². The van der Waals surface area contributed by atoms with Gasteiger partial charge in [-0.05, 0) is 57.2 Å². The lowest BCUT2D eigenvalue weighted by Gasteiger charge is -2.29. The predicted octanol–water partition coefficient (Wildman–Crippen LogP) is 4.23. The summed E-state index contributed by atoms with van der Waals surface area (Å²) in [5, 5.41) is 0. The Bertz CT molecular complexity index is 552. The number of nitrogens with zero attached hydrogens (tertiary/aromatic N) is 4. The molecule has 1 aliphatic rings. The maximum absolute atomic E-state index is 4.64. The summed E-state index contributed by atoms with van der Waals surface area (Å²) >= 11 is 6.95. The molecule has 0 amide bonds. The molecule has 1 aromatic rings. The van der Waals surface area contributed by atoms with Crippen LogP contribution in [0.2, 0.25) is 0 Å². The number of aliphatic imine (C=N–C) groups is 1. The van der Waals surface area contributed by atoms with Crippen LogP contribution in [0.3, 0.4) is 0 Å². The highest BCUT2D eigenvalue weighted by Gasteiger charge is 2.23. The van der Waals surface area contributed by atoms with Crippen LogP contribution < -0.4 is 4.90 Å². The summed E-state index contributed by atoms with van der Waals surface area (Å²) in [5.41, 5.74) is 2.18. The summed E-state index contributed by atoms with van der Waals surface area (Å²) in [4.78, 5) is 15.3. The van der Waals surface area contributed by atoms with Crippen LogP contribution in [0, 0.1) is 0 Å². The van der Waals surface area contributed by atoms with Crippen molar-refractivity contribution < 1.29 is 0 Å². The minimum absolute atomic E-state index is 0.188. The summed E-state index contributed by atoms with van der Waals surface area (Å²) in [7, 11) is 0. The standard InChI is InChI=1S/C13H16Br2N4/c1-7(2)11-10(14)5-16-13(18-11)19-6-17-12(15)8(3)9(19)4/h5-7,9H,1-4H3. The van der Waals surface area contributed by atoms with Gasteiger partial charge in [0.2, 0.25) is 5.95 Å². The molecular weight excluding hydrogens is 372 g/mol. The molecule has 0 radical (unpaired) electrons. The fourth-order valence-corrected chi connectivity index (χ4v) is 2.89. The van der Waals surface area contributed by atoms with Crippen LogP contribution >= 0.6 is 31.9 Å². The van der Waals surface area contributed by atoms with Gasteiger partial charge >= 0.3 is 0 Å². The highest BCUT2D eigenvalue weighted by atomic mass is 79.9. The molecule has 1 unspecified atom stereocenters. The second kappa shape index (κ2) is 5.71. The van der Waals surface area contributed by atoms with Gasteiger partial charge in [-0.3, -0.25) is 4.90 Å². The van der Waals surface area contributed by atoms with Gasteiger partial charge in [0.15, 0.2) is 0 Å². The van der Waals surface area contributed by atoms with E-state index in [0.717, 1.165) is 14.8 Å². The molecule has 1 aliphatic heterocycles. The fourth-order valence-electron chi connectivity index (χ4n) is 1.82. The van der Waals surface area contributed by atoms with Crippen molar-refractivity contribution >= 4 is 44.1 Å². The molecule has 0 saturated carbocycles. The average Bonchev–Trinajstić information content (AvgIpc) is 2.37. The van der Waals surface area contributed by atoms with Crippen LogP contribution in [0.15, 0.2) is 25.8 Å². The minimum atomic E-state index is 0.188. The van der Waals surface area contributed by atoms with Crippen molar-refractivity contribution in [3.8, 4) is 0 Å². The van der Waals surface area contributed by atoms with Crippen molar-refractivity contribution in [2.75, 3.05) is 4.90 Å². The van der Waals surface area contributed by atoms with Gasteiger partial charge in [-0.15, -0.1) is 0 Å². The molecule has 102 valence electrons. The number of aromatic nitrogens is 2. The van der Waals surface area contributed by atoms with E-state index in [0.29, 0.717) is 11.9 Å². The molecule has 2 rings (SSSR count). The Morgan fingerprint density at radius 2 is 2.00 bits per heavy atom. The lowest BCUT2D eigenvalue weighted by atomic mass is 10.1. The van der Waals surface area contributed by atoms with Crippen LogP contribution in [0.4, 0.5) is 5.95 Å². The Morgan fingerprint density at radius 1 is 1.32 bits per heavy atom. The van der Waals surface area contributed by atoms with E-state index in [4.69, 9.17) is 0 Å². The van der Waals surface area contributed by atoms with E-state index in [2.05, 4.69) is 74.5 Å². The van der Waals surface area contributed by atoms with Crippen LogP contribution in [-0.2, 0) is 0 Å². The van der Waals surface area contributed by atoms with Crippen LogP contribution in [0.25, 0.3) is 0 Å². The van der Waals surface area contributed by atoms with Crippen molar-refractivity contribution in [1.82, 2.24) is 9.97 Å². The molecule has 0 aromatic carbocycles. The molecule has 0 N–H and O–H groups in total. The fraction of sp³-hybridized carbons (Fsp3) is 0.462. The summed E-state index contributed by atoms with van der Waals surface area (Å²) in [6.07, 6.45) is 3.58. The molecule has 0 saturated heterocycles. The van der Waals surface area contributed by atoms with Crippen LogP contribution in [0.1, 0.15) is 39.3 Å². The minimum Gasteiger partial charge on any atom is -0.294 e. The monoisotopic (exact) mass is 386 g/mol. The number of hydrogen-bond donors (Lipinski definition) is 0. The molecule has 4 nitrogen and oxygen atoms in total. The number of hydrogen-bond acceptors (Lipinski definition) is 4. The van der Waals surface area contributed by atoms with E-state index < -0.39 is 0 Å². The highest BCUT2D eigenvalue weighted by Crippen LogP contribution is 2.28. The lowest BCUT2D eigenvalue weighted by Crippen LogP contribution is -2.36. The molecule has 6 heteroatoms. The Morgan fingerprint density at radius 3 is 2.63 bits per heavy atom. The molecule has 1 aromatic heterocycles. The molecule has 2 heterocycles. The third kappa shape index (κ3) is 2.89. The predicted molar refractivity (Wildman–Crippen MR) is 85.9 cm³/mol. The molecule has 0 fully saturated rings. The molecule has 19 heavy (non-hydrogen) atoms. The second-order valence-corrected chi connectivity index (χ2v) is 6.46. The maximum atomic E-state index is 4.64. The Hall–Kier alpha value is -0.750. The van der Waals surface area contributed by atoms with Crippen molar-refractivity contribution in [3.63, 3.8) is 0 Å². The van der Waals surface area contributed by atoms with E-state index in [-0.39, 0.29) is 6.04 Å². The van der Waals surface area contributed by atoms with Gasteiger partial charge in [0.1, 0.15) is 4.61 Å². The van der Waals surface area contributed by atoms with Gasteiger partial charge in [0.25, 0.3) is 0 Å². The van der Waals surface area contributed by atoms with E-state index in [1.54, 1.807) is 12.5 Å². The second-order valence-electron chi connectivity index (χ2n) is 4.86. The summed E-state index contributed by atoms with van der Waals surface area (Å²) < 4.78 is 1.83. The van der Waals surface area contributed by atoms with E-state index >= 15 is 0 Å². The van der Waals surface area contributed by atoms with Crippen molar-refractivity contribution in [2.24, 2.45) is 4.99 Å². The first kappa shape index (κ1) is 14.7. The van der Waals surface area contributed by atoms with E-state index in [1.165, 1.54) is 5.57 Å². The third-order valence-corrected chi connectivity index (χ3v) is 4.64. The van der Waals surface area contributed by atoms with Gasteiger partial charge in [0.05, 0.1) is 22.5 Å². The van der Waals surface area contributed by atoms with Gasteiger partial charge in [-0.1, -0.05) is 13.8 Å².